The molecule has 1 amide bonds. The summed E-state index contributed by atoms with van der Waals surface area (Å²) in [5.74, 6) is 0.488. The Kier molecular flexibility index (Phi) is 7.27. The van der Waals surface area contributed by atoms with Crippen LogP contribution < -0.4 is 10.1 Å². The summed E-state index contributed by atoms with van der Waals surface area (Å²) in [7, 11) is 0. The molecule has 1 aliphatic carbocycles. The van der Waals surface area contributed by atoms with Gasteiger partial charge in [0.1, 0.15) is 17.0 Å². The van der Waals surface area contributed by atoms with Crippen molar-refractivity contribution in [3.8, 4) is 5.75 Å². The highest BCUT2D eigenvalue weighted by molar-refractivity contribution is 5.68. The molecule has 0 spiro atoms. The summed E-state index contributed by atoms with van der Waals surface area (Å²) in [4.78, 5) is 22.2. The third-order valence-electron chi connectivity index (χ3n) is 2.63. The van der Waals surface area contributed by atoms with Gasteiger partial charge in [0.25, 0.3) is 0 Å². The normalized spacial score (nSPS) is 13.8. The average molecular weight is 351 g/mol. The van der Waals surface area contributed by atoms with Gasteiger partial charge < -0.3 is 19.5 Å². The number of carbonyl (C=O) groups is 2. The predicted molar refractivity (Wildman–Crippen MR) is 95.7 cm³/mol. The number of ether oxygens (including phenoxy) is 3. The van der Waals surface area contributed by atoms with Crippen LogP contribution in [0.1, 0.15) is 54.4 Å². The molecule has 1 fully saturated rings. The van der Waals surface area contributed by atoms with Gasteiger partial charge in [0.2, 0.25) is 0 Å². The Morgan fingerprint density at radius 3 is 1.88 bits per heavy atom. The van der Waals surface area contributed by atoms with Crippen molar-refractivity contribution in [1.29, 1.82) is 0 Å². The first kappa shape index (κ1) is 20.8. The SMILES string of the molecule is CC(C)(C)OC(=O)NC1CC1.CC(C)(C)OC(=O)Oc1ccccc1. The molecule has 1 aliphatic rings. The van der Waals surface area contributed by atoms with Crippen LogP contribution in [0.15, 0.2) is 30.3 Å². The Morgan fingerprint density at radius 1 is 0.920 bits per heavy atom. The van der Waals surface area contributed by atoms with E-state index in [2.05, 4.69) is 5.32 Å². The molecular formula is C19H29NO5. The van der Waals surface area contributed by atoms with Gasteiger partial charge in [0, 0.05) is 6.04 Å². The number of nitrogens with one attached hydrogen (secondary N) is 1. The van der Waals surface area contributed by atoms with E-state index in [4.69, 9.17) is 14.2 Å². The number of rotatable bonds is 2. The summed E-state index contributed by atoms with van der Waals surface area (Å²) in [6.07, 6.45) is 1.22. The topological polar surface area (TPSA) is 73.9 Å². The van der Waals surface area contributed by atoms with Gasteiger partial charge in [0.15, 0.2) is 0 Å². The predicted octanol–water partition coefficient (Wildman–Crippen LogP) is 4.67. The summed E-state index contributed by atoms with van der Waals surface area (Å²) in [6.45, 7) is 11.0. The van der Waals surface area contributed by atoms with Crippen molar-refractivity contribution in [3.63, 3.8) is 0 Å². The van der Waals surface area contributed by atoms with Crippen molar-refractivity contribution in [2.24, 2.45) is 0 Å². The molecule has 0 radical (unpaired) electrons. The number of hydrogen-bond donors (Lipinski definition) is 1. The first-order valence-electron chi connectivity index (χ1n) is 8.40. The van der Waals surface area contributed by atoms with Crippen molar-refractivity contribution in [2.75, 3.05) is 0 Å². The van der Waals surface area contributed by atoms with Crippen LogP contribution >= 0.6 is 0 Å². The molecule has 0 aromatic heterocycles. The van der Waals surface area contributed by atoms with Crippen LogP contribution in [0.5, 0.6) is 5.75 Å². The standard InChI is InChI=1S/C11H14O3.C8H15NO2/c1-11(2,3)14-10(12)13-9-7-5-4-6-8-9;1-8(2,3)11-7(10)9-6-4-5-6/h4-8H,1-3H3;6H,4-5H2,1-3H3,(H,9,10). The quantitative estimate of drug-likeness (QED) is 0.619. The van der Waals surface area contributed by atoms with Gasteiger partial charge in [0.05, 0.1) is 0 Å². The summed E-state index contributed by atoms with van der Waals surface area (Å²) >= 11 is 0. The van der Waals surface area contributed by atoms with E-state index in [0.717, 1.165) is 12.8 Å². The molecule has 0 unspecified atom stereocenters. The third kappa shape index (κ3) is 11.9. The first-order chi connectivity index (χ1) is 11.4. The maximum atomic E-state index is 11.2. The fourth-order valence-corrected chi connectivity index (χ4v) is 1.56. The minimum Gasteiger partial charge on any atom is -0.444 e. The molecule has 0 bridgehead atoms. The van der Waals surface area contributed by atoms with E-state index in [9.17, 15) is 9.59 Å². The lowest BCUT2D eigenvalue weighted by Crippen LogP contribution is -2.33. The van der Waals surface area contributed by atoms with Crippen molar-refractivity contribution < 1.29 is 23.8 Å². The lowest BCUT2D eigenvalue weighted by atomic mass is 10.2. The highest BCUT2D eigenvalue weighted by Crippen LogP contribution is 2.19. The molecule has 0 atom stereocenters. The smallest absolute Gasteiger partial charge is 0.444 e. The van der Waals surface area contributed by atoms with Gasteiger partial charge in [-0.15, -0.1) is 0 Å². The van der Waals surface area contributed by atoms with Gasteiger partial charge in [-0.3, -0.25) is 0 Å². The molecule has 2 rings (SSSR count). The highest BCUT2D eigenvalue weighted by atomic mass is 16.7. The number of carbonyl (C=O) groups excluding carboxylic acids is 2. The number of benzene rings is 1. The second-order valence-corrected chi connectivity index (χ2v) is 7.80. The Balaban J connectivity index is 0.000000257. The fourth-order valence-electron chi connectivity index (χ4n) is 1.56. The number of amides is 1. The van der Waals surface area contributed by atoms with Crippen LogP contribution in [-0.2, 0) is 9.47 Å². The minimum atomic E-state index is -0.677. The zero-order valence-corrected chi connectivity index (χ0v) is 15.9. The van der Waals surface area contributed by atoms with Crippen molar-refractivity contribution in [2.45, 2.75) is 71.6 Å². The second-order valence-electron chi connectivity index (χ2n) is 7.80. The minimum absolute atomic E-state index is 0.292. The summed E-state index contributed by atoms with van der Waals surface area (Å²) < 4.78 is 14.9. The summed E-state index contributed by atoms with van der Waals surface area (Å²) in [5.41, 5.74) is -0.898. The molecule has 0 aliphatic heterocycles. The van der Waals surface area contributed by atoms with Gasteiger partial charge in [-0.25, -0.2) is 9.59 Å². The largest absolute Gasteiger partial charge is 0.514 e. The lowest BCUT2D eigenvalue weighted by molar-refractivity contribution is 0.0206. The number of para-hydroxylation sites is 1. The Bertz CT molecular complexity index is 553. The molecule has 1 aromatic rings. The van der Waals surface area contributed by atoms with Crippen LogP contribution in [0.25, 0.3) is 0 Å². The summed E-state index contributed by atoms with van der Waals surface area (Å²) in [5, 5.41) is 2.75. The molecular weight excluding hydrogens is 322 g/mol. The maximum Gasteiger partial charge on any atom is 0.514 e. The third-order valence-corrected chi connectivity index (χ3v) is 2.63. The first-order valence-corrected chi connectivity index (χ1v) is 8.40. The van der Waals surface area contributed by atoms with E-state index in [0.29, 0.717) is 11.8 Å². The van der Waals surface area contributed by atoms with Crippen molar-refractivity contribution >= 4 is 12.2 Å². The molecule has 0 saturated heterocycles. The molecule has 1 saturated carbocycles. The van der Waals surface area contributed by atoms with Gasteiger partial charge in [-0.05, 0) is 66.5 Å². The molecule has 1 aromatic carbocycles. The Morgan fingerprint density at radius 2 is 1.44 bits per heavy atom. The zero-order valence-electron chi connectivity index (χ0n) is 15.9. The van der Waals surface area contributed by atoms with E-state index in [-0.39, 0.29) is 11.7 Å². The van der Waals surface area contributed by atoms with Crippen LogP contribution in [0.4, 0.5) is 9.59 Å². The molecule has 6 nitrogen and oxygen atoms in total. The zero-order chi connectivity index (χ0) is 19.1. The van der Waals surface area contributed by atoms with Gasteiger partial charge in [-0.2, -0.15) is 0 Å². The fraction of sp³-hybridized carbons (Fsp3) is 0.579. The summed E-state index contributed by atoms with van der Waals surface area (Å²) in [6, 6.07) is 9.21. The number of hydrogen-bond acceptors (Lipinski definition) is 5. The maximum absolute atomic E-state index is 11.2. The lowest BCUT2D eigenvalue weighted by Gasteiger charge is -2.19. The Labute approximate surface area is 149 Å². The van der Waals surface area contributed by atoms with Crippen molar-refractivity contribution in [3.05, 3.63) is 30.3 Å². The highest BCUT2D eigenvalue weighted by Gasteiger charge is 2.26. The molecule has 140 valence electrons. The van der Waals surface area contributed by atoms with Gasteiger partial charge in [-0.1, -0.05) is 18.2 Å². The van der Waals surface area contributed by atoms with E-state index in [1.54, 1.807) is 45.0 Å². The van der Waals surface area contributed by atoms with E-state index in [1.807, 2.05) is 26.8 Å². The Hall–Kier alpha value is -2.24. The molecule has 1 N–H and O–H groups in total. The monoisotopic (exact) mass is 351 g/mol. The average Bonchev–Trinajstić information content (AvgIpc) is 3.19. The van der Waals surface area contributed by atoms with E-state index < -0.39 is 11.8 Å². The number of alkyl carbamates (subject to hydrolysis) is 1. The van der Waals surface area contributed by atoms with E-state index >= 15 is 0 Å². The van der Waals surface area contributed by atoms with E-state index in [1.165, 1.54) is 0 Å². The van der Waals surface area contributed by atoms with Gasteiger partial charge >= 0.3 is 12.2 Å². The second kappa shape index (κ2) is 8.74. The van der Waals surface area contributed by atoms with Crippen LogP contribution in [0, 0.1) is 0 Å². The molecule has 25 heavy (non-hydrogen) atoms. The van der Waals surface area contributed by atoms with Crippen LogP contribution in [-0.4, -0.2) is 29.5 Å². The van der Waals surface area contributed by atoms with Crippen LogP contribution in [0.3, 0.4) is 0 Å². The van der Waals surface area contributed by atoms with Crippen molar-refractivity contribution in [1.82, 2.24) is 5.32 Å². The molecule has 0 heterocycles. The molecule has 6 heteroatoms. The van der Waals surface area contributed by atoms with Crippen LogP contribution in [0.2, 0.25) is 0 Å².